The van der Waals surface area contributed by atoms with Gasteiger partial charge in [0.25, 0.3) is 0 Å². The number of benzene rings is 1. The Bertz CT molecular complexity index is 730. The van der Waals surface area contributed by atoms with Crippen molar-refractivity contribution in [3.8, 4) is 0 Å². The summed E-state index contributed by atoms with van der Waals surface area (Å²) in [4.78, 5) is 3.77. The number of pyridine rings is 1. The van der Waals surface area contributed by atoms with Gasteiger partial charge in [-0.2, -0.15) is 13.2 Å². The second-order valence-corrected chi connectivity index (χ2v) is 6.37. The molecule has 1 unspecified atom stereocenters. The van der Waals surface area contributed by atoms with Gasteiger partial charge < -0.3 is 10.4 Å². The highest BCUT2D eigenvalue weighted by Crippen LogP contribution is 2.34. The average molecular weight is 369 g/mol. The van der Waals surface area contributed by atoms with Crippen LogP contribution in [0.2, 0.25) is 0 Å². The van der Waals surface area contributed by atoms with Crippen molar-refractivity contribution in [1.29, 1.82) is 0 Å². The smallest absolute Gasteiger partial charge is 0.386 e. The van der Waals surface area contributed by atoms with E-state index in [0.29, 0.717) is 23.5 Å². The fourth-order valence-electron chi connectivity index (χ4n) is 3.08. The van der Waals surface area contributed by atoms with E-state index in [9.17, 15) is 18.3 Å². The van der Waals surface area contributed by atoms with E-state index < -0.39 is 18.1 Å². The number of alkyl halides is 3. The quantitative estimate of drug-likeness (QED) is 0.590. The van der Waals surface area contributed by atoms with Crippen LogP contribution in [0.5, 0.6) is 0 Å². The highest BCUT2D eigenvalue weighted by molar-refractivity contribution is 5.93. The molecule has 1 aromatic carbocycles. The minimum atomic E-state index is -4.58. The van der Waals surface area contributed by atoms with Crippen molar-refractivity contribution in [3.63, 3.8) is 0 Å². The van der Waals surface area contributed by atoms with Crippen molar-refractivity contribution >= 4 is 16.6 Å². The zero-order valence-corrected chi connectivity index (χ0v) is 15.3. The second-order valence-electron chi connectivity index (χ2n) is 6.37. The molecule has 0 aliphatic rings. The lowest BCUT2D eigenvalue weighted by Crippen LogP contribution is -2.24. The Balaban J connectivity index is 2.38. The molecule has 0 saturated carbocycles. The first kappa shape index (κ1) is 20.5. The molecule has 0 fully saturated rings. The zero-order chi connectivity index (χ0) is 19.3. The Morgan fingerprint density at radius 2 is 1.88 bits per heavy atom. The number of nitrogens with one attached hydrogen (secondary N) is 2. The van der Waals surface area contributed by atoms with Gasteiger partial charge in [-0.3, -0.25) is 5.32 Å². The molecular weight excluding hydrogens is 343 g/mol. The van der Waals surface area contributed by atoms with Gasteiger partial charge in [0.15, 0.2) is 0 Å². The number of hydrogen-bond donors (Lipinski definition) is 3. The van der Waals surface area contributed by atoms with Crippen molar-refractivity contribution in [1.82, 2.24) is 10.3 Å². The Labute approximate surface area is 151 Å². The topological polar surface area (TPSA) is 57.2 Å². The molecule has 4 nitrogen and oxygen atoms in total. The molecule has 2 aromatic rings. The number of anilines is 1. The number of para-hydroxylation sites is 1. The molecule has 144 valence electrons. The molecule has 2 rings (SSSR count). The lowest BCUT2D eigenvalue weighted by atomic mass is 9.99. The minimum absolute atomic E-state index is 0.184. The molecule has 0 bridgehead atoms. The second kappa shape index (κ2) is 8.68. The molecule has 3 N–H and O–H groups in total. The molecule has 0 aliphatic carbocycles. The van der Waals surface area contributed by atoms with E-state index in [2.05, 4.69) is 29.5 Å². The highest BCUT2D eigenvalue weighted by Gasteiger charge is 2.34. The molecule has 0 saturated heterocycles. The van der Waals surface area contributed by atoms with E-state index in [-0.39, 0.29) is 11.1 Å². The first-order chi connectivity index (χ1) is 12.3. The van der Waals surface area contributed by atoms with Gasteiger partial charge in [-0.05, 0) is 31.0 Å². The summed E-state index contributed by atoms with van der Waals surface area (Å²) < 4.78 is 39.8. The molecule has 0 radical (unpaired) electrons. The standard InChI is InChI=1S/C19H26F3N3O/c1-4-12(5-2)9-10-24-18(26)14-11-16(19(20,21)22)25-17-13(14)7-6-8-15(17)23-3/h6-8,11-12,18,23-24,26H,4-5,9-10H2,1-3H3. The van der Waals surface area contributed by atoms with E-state index in [1.807, 2.05) is 0 Å². The van der Waals surface area contributed by atoms with Crippen LogP contribution in [0.1, 0.15) is 50.6 Å². The molecule has 1 heterocycles. The van der Waals surface area contributed by atoms with Crippen LogP contribution in [0.15, 0.2) is 24.3 Å². The van der Waals surface area contributed by atoms with Crippen LogP contribution in [-0.2, 0) is 6.18 Å². The van der Waals surface area contributed by atoms with E-state index in [1.165, 1.54) is 0 Å². The predicted molar refractivity (Wildman–Crippen MR) is 97.9 cm³/mol. The third kappa shape index (κ3) is 4.65. The summed E-state index contributed by atoms with van der Waals surface area (Å²) in [5.41, 5.74) is -0.146. The number of rotatable bonds is 8. The lowest BCUT2D eigenvalue weighted by Gasteiger charge is -2.20. The molecular formula is C19H26F3N3O. The van der Waals surface area contributed by atoms with Crippen molar-refractivity contribution in [2.75, 3.05) is 18.9 Å². The fraction of sp³-hybridized carbons (Fsp3) is 0.526. The fourth-order valence-corrected chi connectivity index (χ4v) is 3.08. The monoisotopic (exact) mass is 369 g/mol. The molecule has 0 amide bonds. The van der Waals surface area contributed by atoms with E-state index in [4.69, 9.17) is 0 Å². The van der Waals surface area contributed by atoms with Crippen LogP contribution >= 0.6 is 0 Å². The summed E-state index contributed by atoms with van der Waals surface area (Å²) in [7, 11) is 1.63. The van der Waals surface area contributed by atoms with Crippen LogP contribution in [0, 0.1) is 5.92 Å². The normalized spacial score (nSPS) is 13.4. The first-order valence-corrected chi connectivity index (χ1v) is 8.91. The number of nitrogens with zero attached hydrogens (tertiary/aromatic N) is 1. The number of aliphatic hydroxyl groups excluding tert-OH is 1. The number of fused-ring (bicyclic) bond motifs is 1. The van der Waals surface area contributed by atoms with Gasteiger partial charge in [-0.15, -0.1) is 0 Å². The largest absolute Gasteiger partial charge is 0.433 e. The van der Waals surface area contributed by atoms with Gasteiger partial charge in [0, 0.05) is 18.0 Å². The van der Waals surface area contributed by atoms with Crippen molar-refractivity contribution in [2.24, 2.45) is 5.92 Å². The summed E-state index contributed by atoms with van der Waals surface area (Å²) in [6.07, 6.45) is -2.84. The number of halogens is 3. The highest BCUT2D eigenvalue weighted by atomic mass is 19.4. The Morgan fingerprint density at radius 1 is 1.19 bits per heavy atom. The third-order valence-electron chi connectivity index (χ3n) is 4.77. The van der Waals surface area contributed by atoms with Crippen molar-refractivity contribution in [3.05, 3.63) is 35.5 Å². The van der Waals surface area contributed by atoms with Gasteiger partial charge in [-0.1, -0.05) is 38.8 Å². The number of aromatic nitrogens is 1. The number of hydrogen-bond acceptors (Lipinski definition) is 4. The van der Waals surface area contributed by atoms with E-state index in [1.54, 1.807) is 25.2 Å². The Morgan fingerprint density at radius 3 is 2.46 bits per heavy atom. The zero-order valence-electron chi connectivity index (χ0n) is 15.3. The molecule has 0 aliphatic heterocycles. The van der Waals surface area contributed by atoms with E-state index in [0.717, 1.165) is 25.3 Å². The van der Waals surface area contributed by atoms with Crippen LogP contribution in [-0.4, -0.2) is 23.7 Å². The minimum Gasteiger partial charge on any atom is -0.386 e. The van der Waals surface area contributed by atoms with Crippen LogP contribution in [0.3, 0.4) is 0 Å². The predicted octanol–water partition coefficient (Wildman–Crippen LogP) is 4.70. The maximum Gasteiger partial charge on any atom is 0.433 e. The van der Waals surface area contributed by atoms with Gasteiger partial charge in [0.2, 0.25) is 0 Å². The van der Waals surface area contributed by atoms with E-state index >= 15 is 0 Å². The van der Waals surface area contributed by atoms with Crippen LogP contribution in [0.25, 0.3) is 10.9 Å². The Kier molecular flexibility index (Phi) is 6.83. The summed E-state index contributed by atoms with van der Waals surface area (Å²) in [6.45, 7) is 4.75. The van der Waals surface area contributed by atoms with Gasteiger partial charge in [0.1, 0.15) is 11.9 Å². The maximum absolute atomic E-state index is 13.3. The van der Waals surface area contributed by atoms with Crippen LogP contribution < -0.4 is 10.6 Å². The Hall–Kier alpha value is -1.86. The maximum atomic E-state index is 13.3. The molecule has 1 aromatic heterocycles. The summed E-state index contributed by atoms with van der Waals surface area (Å²) in [5, 5.41) is 16.8. The lowest BCUT2D eigenvalue weighted by molar-refractivity contribution is -0.141. The molecule has 1 atom stereocenters. The molecule has 7 heteroatoms. The third-order valence-corrected chi connectivity index (χ3v) is 4.77. The molecule has 0 spiro atoms. The SMILES string of the molecule is CCC(CC)CCNC(O)c1cc(C(F)(F)F)nc2c(NC)cccc12. The summed E-state index contributed by atoms with van der Waals surface area (Å²) >= 11 is 0. The molecule has 26 heavy (non-hydrogen) atoms. The van der Waals surface area contributed by atoms with Gasteiger partial charge in [0.05, 0.1) is 11.2 Å². The number of aliphatic hydroxyl groups is 1. The summed E-state index contributed by atoms with van der Waals surface area (Å²) in [5.74, 6) is 0.533. The van der Waals surface area contributed by atoms with Gasteiger partial charge in [-0.25, -0.2) is 4.98 Å². The van der Waals surface area contributed by atoms with Crippen molar-refractivity contribution < 1.29 is 18.3 Å². The average Bonchev–Trinajstić information content (AvgIpc) is 2.62. The van der Waals surface area contributed by atoms with Crippen molar-refractivity contribution in [2.45, 2.75) is 45.5 Å². The first-order valence-electron chi connectivity index (χ1n) is 8.91. The van der Waals surface area contributed by atoms with Gasteiger partial charge >= 0.3 is 6.18 Å². The summed E-state index contributed by atoms with van der Waals surface area (Å²) in [6, 6.07) is 5.98. The van der Waals surface area contributed by atoms with Crippen LogP contribution in [0.4, 0.5) is 18.9 Å².